The lowest BCUT2D eigenvalue weighted by molar-refractivity contribution is 0.112. The molecule has 0 saturated heterocycles. The summed E-state index contributed by atoms with van der Waals surface area (Å²) in [7, 11) is 0. The minimum Gasteiger partial charge on any atom is -0.444 e. The van der Waals surface area contributed by atoms with E-state index in [0.29, 0.717) is 16.5 Å². The van der Waals surface area contributed by atoms with Gasteiger partial charge in [0.05, 0.1) is 5.52 Å². The second kappa shape index (κ2) is 6.15. The topological polar surface area (TPSA) is 48.3 Å². The van der Waals surface area contributed by atoms with Crippen LogP contribution in [0.5, 0.6) is 0 Å². The number of halogens is 1. The number of hydrogen-bond donors (Lipinski definition) is 0. The number of carbonyl (C=O) groups excluding carboxylic acids is 2. The van der Waals surface area contributed by atoms with Crippen molar-refractivity contribution in [3.63, 3.8) is 0 Å². The highest BCUT2D eigenvalue weighted by Crippen LogP contribution is 2.28. The molecule has 4 nitrogen and oxygen atoms in total. The van der Waals surface area contributed by atoms with Crippen molar-refractivity contribution in [1.29, 1.82) is 0 Å². The highest BCUT2D eigenvalue weighted by atomic mass is 79.9. The number of hydrogen-bond acceptors (Lipinski definition) is 3. The first-order chi connectivity index (χ1) is 10.7. The smallest absolute Gasteiger partial charge is 0.418 e. The molecule has 0 fully saturated rings. The molecular formula is C17H12BrNO3. The molecule has 0 amide bonds. The molecule has 0 radical (unpaired) electrons. The fraction of sp³-hybridized carbons (Fsp3) is 0.0588. The second-order valence-electron chi connectivity index (χ2n) is 4.75. The van der Waals surface area contributed by atoms with Gasteiger partial charge in [-0.1, -0.05) is 52.3 Å². The van der Waals surface area contributed by atoms with Gasteiger partial charge in [0.15, 0.2) is 6.29 Å². The van der Waals surface area contributed by atoms with E-state index in [4.69, 9.17) is 4.74 Å². The quantitative estimate of drug-likeness (QED) is 0.652. The molecule has 3 rings (SSSR count). The maximum Gasteiger partial charge on any atom is 0.418 e. The Morgan fingerprint density at radius 3 is 2.64 bits per heavy atom. The van der Waals surface area contributed by atoms with Crippen LogP contribution in [0.15, 0.2) is 59.2 Å². The summed E-state index contributed by atoms with van der Waals surface area (Å²) in [6.07, 6.45) is 1.71. The maximum absolute atomic E-state index is 12.3. The molecule has 0 aliphatic carbocycles. The van der Waals surface area contributed by atoms with Gasteiger partial charge >= 0.3 is 6.09 Å². The second-order valence-corrected chi connectivity index (χ2v) is 5.60. The van der Waals surface area contributed by atoms with Crippen LogP contribution >= 0.6 is 15.9 Å². The van der Waals surface area contributed by atoms with E-state index < -0.39 is 6.09 Å². The van der Waals surface area contributed by atoms with E-state index in [1.807, 2.05) is 42.5 Å². The molecule has 5 heteroatoms. The number of ether oxygens (including phenoxy) is 1. The minimum absolute atomic E-state index is 0.184. The molecule has 2 aromatic carbocycles. The maximum atomic E-state index is 12.3. The van der Waals surface area contributed by atoms with Crippen molar-refractivity contribution in [3.05, 3.63) is 70.3 Å². The number of rotatable bonds is 3. The average molecular weight is 358 g/mol. The standard InChI is InChI=1S/C17H12BrNO3/c18-14-7-4-8-15-16(14)13(10-20)9-19(15)17(21)22-11-12-5-2-1-3-6-12/h1-10H,11H2. The summed E-state index contributed by atoms with van der Waals surface area (Å²) in [6, 6.07) is 14.8. The summed E-state index contributed by atoms with van der Waals surface area (Å²) in [4.78, 5) is 23.5. The van der Waals surface area contributed by atoms with Crippen molar-refractivity contribution in [2.45, 2.75) is 6.61 Å². The monoisotopic (exact) mass is 357 g/mol. The first kappa shape index (κ1) is 14.5. The molecule has 0 unspecified atom stereocenters. The third-order valence-corrected chi connectivity index (χ3v) is 4.00. The zero-order valence-electron chi connectivity index (χ0n) is 11.5. The van der Waals surface area contributed by atoms with Crippen molar-refractivity contribution in [2.24, 2.45) is 0 Å². The summed E-state index contributed by atoms with van der Waals surface area (Å²) in [6.45, 7) is 0.184. The fourth-order valence-corrected chi connectivity index (χ4v) is 2.89. The highest BCUT2D eigenvalue weighted by molar-refractivity contribution is 9.10. The number of aldehydes is 1. The minimum atomic E-state index is -0.514. The van der Waals surface area contributed by atoms with Crippen LogP contribution in [0, 0.1) is 0 Å². The molecule has 3 aromatic rings. The molecule has 1 aromatic heterocycles. The lowest BCUT2D eigenvalue weighted by Gasteiger charge is -2.06. The van der Waals surface area contributed by atoms with Crippen LogP contribution in [0.1, 0.15) is 15.9 Å². The van der Waals surface area contributed by atoms with E-state index in [1.165, 1.54) is 10.8 Å². The Kier molecular flexibility index (Phi) is 4.06. The Hall–Kier alpha value is -2.40. The van der Waals surface area contributed by atoms with Gasteiger partial charge in [-0.15, -0.1) is 0 Å². The number of fused-ring (bicyclic) bond motifs is 1. The van der Waals surface area contributed by atoms with Crippen molar-refractivity contribution < 1.29 is 14.3 Å². The van der Waals surface area contributed by atoms with Gasteiger partial charge in [0.2, 0.25) is 0 Å². The van der Waals surface area contributed by atoms with Crippen molar-refractivity contribution in [3.8, 4) is 0 Å². The summed E-state index contributed by atoms with van der Waals surface area (Å²) in [5.41, 5.74) is 1.98. The van der Waals surface area contributed by atoms with Gasteiger partial charge in [0, 0.05) is 21.6 Å². The molecule has 0 bridgehead atoms. The Morgan fingerprint density at radius 2 is 1.91 bits per heavy atom. The lowest BCUT2D eigenvalue weighted by Crippen LogP contribution is -2.12. The van der Waals surface area contributed by atoms with Gasteiger partial charge in [-0.05, 0) is 17.7 Å². The van der Waals surface area contributed by atoms with E-state index in [2.05, 4.69) is 15.9 Å². The molecule has 1 heterocycles. The van der Waals surface area contributed by atoms with Crippen molar-refractivity contribution in [2.75, 3.05) is 0 Å². The van der Waals surface area contributed by atoms with E-state index in [9.17, 15) is 9.59 Å². The summed E-state index contributed by atoms with van der Waals surface area (Å²) < 4.78 is 7.43. The Bertz CT molecular complexity index is 840. The third-order valence-electron chi connectivity index (χ3n) is 3.34. The number of nitrogens with zero attached hydrogens (tertiary/aromatic N) is 1. The van der Waals surface area contributed by atoms with Crippen LogP contribution in [-0.2, 0) is 11.3 Å². The van der Waals surface area contributed by atoms with Crippen LogP contribution in [0.3, 0.4) is 0 Å². The molecule has 0 N–H and O–H groups in total. The third kappa shape index (κ3) is 2.67. The van der Waals surface area contributed by atoms with E-state index in [1.54, 1.807) is 6.07 Å². The molecule has 110 valence electrons. The van der Waals surface area contributed by atoms with Gasteiger partial charge in [-0.25, -0.2) is 4.79 Å². The Labute approximate surface area is 135 Å². The summed E-state index contributed by atoms with van der Waals surface area (Å²) in [5.74, 6) is 0. The Balaban J connectivity index is 1.91. The SMILES string of the molecule is O=Cc1cn(C(=O)OCc2ccccc2)c2cccc(Br)c12. The van der Waals surface area contributed by atoms with Gasteiger partial charge in [-0.2, -0.15) is 0 Å². The number of carbonyl (C=O) groups is 2. The largest absolute Gasteiger partial charge is 0.444 e. The van der Waals surface area contributed by atoms with E-state index in [-0.39, 0.29) is 6.61 Å². The molecule has 0 aliphatic heterocycles. The molecule has 22 heavy (non-hydrogen) atoms. The van der Waals surface area contributed by atoms with E-state index in [0.717, 1.165) is 16.3 Å². The summed E-state index contributed by atoms with van der Waals surface area (Å²) in [5, 5.41) is 0.703. The van der Waals surface area contributed by atoms with Crippen LogP contribution in [0.2, 0.25) is 0 Å². The normalized spacial score (nSPS) is 10.6. The predicted octanol–water partition coefficient (Wildman–Crippen LogP) is 4.40. The zero-order valence-corrected chi connectivity index (χ0v) is 13.1. The fourth-order valence-electron chi connectivity index (χ4n) is 2.30. The van der Waals surface area contributed by atoms with Crippen LogP contribution in [0.25, 0.3) is 10.9 Å². The van der Waals surface area contributed by atoms with Crippen molar-refractivity contribution in [1.82, 2.24) is 4.57 Å². The first-order valence-electron chi connectivity index (χ1n) is 6.66. The zero-order chi connectivity index (χ0) is 15.5. The van der Waals surface area contributed by atoms with Crippen LogP contribution in [0.4, 0.5) is 4.79 Å². The highest BCUT2D eigenvalue weighted by Gasteiger charge is 2.16. The molecule has 0 aliphatic rings. The van der Waals surface area contributed by atoms with Gasteiger partial charge < -0.3 is 4.74 Å². The molecule has 0 spiro atoms. The van der Waals surface area contributed by atoms with Crippen LogP contribution in [-0.4, -0.2) is 16.9 Å². The van der Waals surface area contributed by atoms with E-state index >= 15 is 0 Å². The molecule has 0 atom stereocenters. The molecular weight excluding hydrogens is 346 g/mol. The molecule has 0 saturated carbocycles. The average Bonchev–Trinajstić information content (AvgIpc) is 2.94. The summed E-state index contributed by atoms with van der Waals surface area (Å²) >= 11 is 3.40. The number of benzene rings is 2. The van der Waals surface area contributed by atoms with Gasteiger partial charge in [-0.3, -0.25) is 9.36 Å². The first-order valence-corrected chi connectivity index (χ1v) is 7.46. The Morgan fingerprint density at radius 1 is 1.14 bits per heavy atom. The van der Waals surface area contributed by atoms with Gasteiger partial charge in [0.25, 0.3) is 0 Å². The lowest BCUT2D eigenvalue weighted by atomic mass is 10.2. The predicted molar refractivity (Wildman–Crippen MR) is 87.1 cm³/mol. The van der Waals surface area contributed by atoms with Gasteiger partial charge in [0.1, 0.15) is 6.61 Å². The van der Waals surface area contributed by atoms with Crippen LogP contribution < -0.4 is 0 Å². The van der Waals surface area contributed by atoms with Crippen molar-refractivity contribution >= 4 is 39.2 Å². The number of aromatic nitrogens is 1.